The first kappa shape index (κ1) is 31.7. The van der Waals surface area contributed by atoms with Gasteiger partial charge in [-0.3, -0.25) is 24.5 Å². The highest BCUT2D eigenvalue weighted by molar-refractivity contribution is 5.97. The lowest BCUT2D eigenvalue weighted by atomic mass is 10.0. The summed E-state index contributed by atoms with van der Waals surface area (Å²) >= 11 is 0. The highest BCUT2D eigenvalue weighted by atomic mass is 19.4. The van der Waals surface area contributed by atoms with Crippen molar-refractivity contribution in [3.8, 4) is 17.6 Å². The summed E-state index contributed by atoms with van der Waals surface area (Å²) in [7, 11) is 0. The third-order valence-electron chi connectivity index (χ3n) is 5.09. The van der Waals surface area contributed by atoms with E-state index in [0.717, 1.165) is 30.3 Å². The maximum atomic E-state index is 12.7. The average molecular weight is 574 g/mol. The fraction of sp³-hybridized carbons (Fsp3) is 0.154. The van der Waals surface area contributed by atoms with E-state index in [1.54, 1.807) is 30.3 Å². The molecule has 0 spiro atoms. The minimum atomic E-state index is -4.63. The Morgan fingerprint density at radius 3 is 2.32 bits per heavy atom. The van der Waals surface area contributed by atoms with Crippen molar-refractivity contribution in [3.05, 3.63) is 98.6 Å². The molecule has 0 fully saturated rings. The molecule has 0 unspecified atom stereocenters. The van der Waals surface area contributed by atoms with Crippen LogP contribution in [0.15, 0.2) is 60.7 Å². The van der Waals surface area contributed by atoms with Crippen LogP contribution in [-0.4, -0.2) is 46.1 Å². The smallest absolute Gasteiger partial charge is 0.416 e. The highest BCUT2D eigenvalue weighted by Gasteiger charge is 2.31. The van der Waals surface area contributed by atoms with Gasteiger partial charge in [0.25, 0.3) is 17.5 Å². The van der Waals surface area contributed by atoms with E-state index in [2.05, 4.69) is 5.32 Å². The number of aliphatic hydroxyl groups is 1. The zero-order chi connectivity index (χ0) is 30.7. The molecule has 0 aliphatic carbocycles. The maximum Gasteiger partial charge on any atom is 0.416 e. The molecule has 0 aliphatic rings. The molecule has 3 aromatic carbocycles. The van der Waals surface area contributed by atoms with E-state index in [1.807, 2.05) is 0 Å². The van der Waals surface area contributed by atoms with Crippen LogP contribution in [0.4, 0.5) is 18.9 Å². The number of carboxylic acid groups (broad SMARTS) is 1. The molecule has 15 heteroatoms. The van der Waals surface area contributed by atoms with Crippen molar-refractivity contribution >= 4 is 23.5 Å². The lowest BCUT2D eigenvalue weighted by Gasteiger charge is -2.11. The van der Waals surface area contributed by atoms with Crippen LogP contribution in [0.3, 0.4) is 0 Å². The molecule has 0 atom stereocenters. The Labute approximate surface area is 229 Å². The Bertz CT molecular complexity index is 1500. The lowest BCUT2D eigenvalue weighted by molar-refractivity contribution is -0.385. The number of aliphatic carboxylic acids is 1. The first-order valence-electron chi connectivity index (χ1n) is 11.3. The summed E-state index contributed by atoms with van der Waals surface area (Å²) in [6, 6.07) is 13.4. The van der Waals surface area contributed by atoms with E-state index in [0.29, 0.717) is 17.2 Å². The fourth-order valence-electron chi connectivity index (χ4n) is 3.27. The van der Waals surface area contributed by atoms with Crippen LogP contribution < -0.4 is 15.8 Å². The van der Waals surface area contributed by atoms with Crippen molar-refractivity contribution < 1.29 is 47.4 Å². The zero-order valence-corrected chi connectivity index (χ0v) is 20.8. The molecule has 5 N–H and O–H groups in total. The van der Waals surface area contributed by atoms with Gasteiger partial charge in [0.2, 0.25) is 0 Å². The van der Waals surface area contributed by atoms with Gasteiger partial charge in [0.05, 0.1) is 29.1 Å². The number of primary amides is 1. The van der Waals surface area contributed by atoms with E-state index in [1.165, 1.54) is 0 Å². The summed E-state index contributed by atoms with van der Waals surface area (Å²) in [6.07, 6.45) is -4.82. The van der Waals surface area contributed by atoms with E-state index < -0.39 is 45.4 Å². The summed E-state index contributed by atoms with van der Waals surface area (Å²) in [6.45, 7) is 0.00702. The number of ether oxygens (including phenoxy) is 1. The number of carbonyl (C=O) groups is 3. The van der Waals surface area contributed by atoms with Crippen LogP contribution in [0.1, 0.15) is 37.4 Å². The van der Waals surface area contributed by atoms with Crippen LogP contribution in [-0.2, 0) is 17.4 Å². The van der Waals surface area contributed by atoms with E-state index in [-0.39, 0.29) is 37.0 Å². The third kappa shape index (κ3) is 9.04. The number of carbonyl (C=O) groups excluding carboxylic acids is 2. The molecule has 0 aromatic heterocycles. The number of amides is 2. The maximum absolute atomic E-state index is 12.7. The molecule has 0 saturated carbocycles. The van der Waals surface area contributed by atoms with Crippen molar-refractivity contribution in [2.24, 2.45) is 5.73 Å². The number of nitro benzene ring substituents is 1. The van der Waals surface area contributed by atoms with Gasteiger partial charge in [-0.05, 0) is 35.9 Å². The summed E-state index contributed by atoms with van der Waals surface area (Å²) in [5, 5.41) is 39.5. The van der Waals surface area contributed by atoms with Gasteiger partial charge in [0.1, 0.15) is 23.1 Å². The van der Waals surface area contributed by atoms with Crippen LogP contribution >= 0.6 is 0 Å². The second kappa shape index (κ2) is 14.1. The summed E-state index contributed by atoms with van der Waals surface area (Å²) < 4.78 is 43.3. The lowest BCUT2D eigenvalue weighted by Crippen LogP contribution is -2.27. The highest BCUT2D eigenvalue weighted by Crippen LogP contribution is 2.34. The van der Waals surface area contributed by atoms with E-state index in [9.17, 15) is 37.7 Å². The second-order valence-corrected chi connectivity index (χ2v) is 7.93. The van der Waals surface area contributed by atoms with Gasteiger partial charge in [-0.15, -0.1) is 0 Å². The van der Waals surface area contributed by atoms with Crippen molar-refractivity contribution in [2.45, 2.75) is 12.6 Å². The molecule has 2 amide bonds. The third-order valence-corrected chi connectivity index (χ3v) is 5.09. The number of nitrogens with one attached hydrogen (secondary N) is 1. The van der Waals surface area contributed by atoms with Gasteiger partial charge < -0.3 is 26.0 Å². The number of alkyl halides is 3. The van der Waals surface area contributed by atoms with Crippen molar-refractivity contribution in [1.29, 1.82) is 5.26 Å². The number of carboxylic acids is 1. The number of benzene rings is 3. The number of aliphatic hydroxyl groups excluding tert-OH is 1. The van der Waals surface area contributed by atoms with Crippen LogP contribution in [0, 0.1) is 21.4 Å². The van der Waals surface area contributed by atoms with Gasteiger partial charge >= 0.3 is 12.1 Å². The van der Waals surface area contributed by atoms with Crippen LogP contribution in [0.2, 0.25) is 0 Å². The molecule has 0 bridgehead atoms. The Kier molecular flexibility index (Phi) is 10.9. The fourth-order valence-corrected chi connectivity index (χ4v) is 3.27. The van der Waals surface area contributed by atoms with Gasteiger partial charge in [-0.2, -0.15) is 18.4 Å². The van der Waals surface area contributed by atoms with E-state index >= 15 is 0 Å². The minimum Gasteiger partial charge on any atom is -0.481 e. The molecule has 0 radical (unpaired) electrons. The topological polar surface area (TPSA) is 206 Å². The first-order valence-corrected chi connectivity index (χ1v) is 11.3. The molecule has 0 saturated heterocycles. The summed E-state index contributed by atoms with van der Waals surface area (Å²) in [5.74, 6) is -2.74. The Morgan fingerprint density at radius 2 is 1.76 bits per heavy atom. The first-order chi connectivity index (χ1) is 19.3. The average Bonchev–Trinajstić information content (AvgIpc) is 2.91. The molecule has 3 aromatic rings. The van der Waals surface area contributed by atoms with Gasteiger partial charge in [-0.1, -0.05) is 18.2 Å². The van der Waals surface area contributed by atoms with Crippen molar-refractivity contribution in [3.63, 3.8) is 0 Å². The number of nitro groups is 1. The Hall–Kier alpha value is -5.49. The monoisotopic (exact) mass is 574 g/mol. The number of nitrogens with two attached hydrogens (primary N) is 1. The van der Waals surface area contributed by atoms with E-state index in [4.69, 9.17) is 25.9 Å². The number of rotatable bonds is 9. The molecular formula is C26H21F3N4O8. The van der Waals surface area contributed by atoms with Crippen molar-refractivity contribution in [2.75, 3.05) is 13.2 Å². The van der Waals surface area contributed by atoms with Gasteiger partial charge in [-0.25, -0.2) is 0 Å². The normalized spacial score (nSPS) is 10.4. The largest absolute Gasteiger partial charge is 0.481 e. The Balaban J connectivity index is 0.000000317. The number of nitriles is 1. The number of nitrogens with zero attached hydrogens (tertiary/aromatic N) is 2. The standard InChI is InChI=1S/C15H8F3N3O4.C11H13NO4/c16-15(17,18)9-1-4-13(8(5-9)7-19)25-10-2-3-12(21(23)24)11(6-10)14(20)22;13-6-5-12-11(16)9-4-2-1-3-8(9)7-10(14)15/h1-6H,(H2,20,22);1-4,13H,5-7H2,(H,12,16)(H,14,15). The van der Waals surface area contributed by atoms with Crippen LogP contribution in [0.5, 0.6) is 11.5 Å². The molecule has 41 heavy (non-hydrogen) atoms. The molecule has 214 valence electrons. The van der Waals surface area contributed by atoms with Gasteiger partial charge in [0, 0.05) is 24.2 Å². The minimum absolute atomic E-state index is 0.101. The van der Waals surface area contributed by atoms with Crippen molar-refractivity contribution in [1.82, 2.24) is 5.32 Å². The molecule has 3 rings (SSSR count). The number of hydrogen-bond donors (Lipinski definition) is 4. The predicted octanol–water partition coefficient (Wildman–Crippen LogP) is 3.41. The Morgan fingerprint density at radius 1 is 1.07 bits per heavy atom. The second-order valence-electron chi connectivity index (χ2n) is 7.93. The summed E-state index contributed by atoms with van der Waals surface area (Å²) in [5.41, 5.74) is 3.45. The number of hydrogen-bond acceptors (Lipinski definition) is 8. The molecular weight excluding hydrogens is 553 g/mol. The molecule has 12 nitrogen and oxygen atoms in total. The number of halogens is 3. The quantitative estimate of drug-likeness (QED) is 0.218. The zero-order valence-electron chi connectivity index (χ0n) is 20.8. The molecule has 0 heterocycles. The SMILES string of the molecule is N#Cc1cc(C(F)(F)F)ccc1Oc1ccc([N+](=O)[O-])c(C(N)=O)c1.O=C(O)Cc1ccccc1C(=O)NCCO. The van der Waals surface area contributed by atoms with Crippen LogP contribution in [0.25, 0.3) is 0 Å². The molecule has 0 aliphatic heterocycles. The van der Waals surface area contributed by atoms with Gasteiger partial charge in [0.15, 0.2) is 0 Å². The predicted molar refractivity (Wildman–Crippen MR) is 135 cm³/mol. The summed E-state index contributed by atoms with van der Waals surface area (Å²) in [4.78, 5) is 43.5.